The third kappa shape index (κ3) is 1.54. The molecule has 4 nitrogen and oxygen atoms in total. The predicted molar refractivity (Wildman–Crippen MR) is 65.4 cm³/mol. The average molecular weight is 225 g/mol. The summed E-state index contributed by atoms with van der Waals surface area (Å²) in [5.74, 6) is 1.71. The Morgan fingerprint density at radius 2 is 2.06 bits per heavy atom. The Labute approximate surface area is 98.5 Å². The molecular formula is C13H11N3O. The highest BCUT2D eigenvalue weighted by Crippen LogP contribution is 2.27. The van der Waals surface area contributed by atoms with Gasteiger partial charge < -0.3 is 4.74 Å². The molecule has 0 atom stereocenters. The monoisotopic (exact) mass is 225 g/mol. The van der Waals surface area contributed by atoms with Crippen molar-refractivity contribution in [1.82, 2.24) is 14.5 Å². The summed E-state index contributed by atoms with van der Waals surface area (Å²) in [7, 11) is 1.67. The van der Waals surface area contributed by atoms with Gasteiger partial charge in [0.15, 0.2) is 0 Å². The molecule has 0 spiro atoms. The van der Waals surface area contributed by atoms with Gasteiger partial charge in [-0.25, -0.2) is 9.97 Å². The number of aromatic nitrogens is 3. The molecule has 0 amide bonds. The lowest BCUT2D eigenvalue weighted by molar-refractivity contribution is 0.420. The molecule has 3 aromatic rings. The summed E-state index contributed by atoms with van der Waals surface area (Å²) in [6, 6.07) is 7.89. The Kier molecular flexibility index (Phi) is 2.26. The molecule has 0 bridgehead atoms. The van der Waals surface area contributed by atoms with Crippen molar-refractivity contribution in [1.29, 1.82) is 0 Å². The summed E-state index contributed by atoms with van der Waals surface area (Å²) in [6.45, 7) is 0. The number of hydrogen-bond donors (Lipinski definition) is 0. The lowest BCUT2D eigenvalue weighted by Gasteiger charge is -2.08. The molecule has 4 heteroatoms. The van der Waals surface area contributed by atoms with E-state index in [1.807, 2.05) is 35.0 Å². The molecule has 2 aromatic heterocycles. The van der Waals surface area contributed by atoms with Gasteiger partial charge in [0.05, 0.1) is 7.11 Å². The van der Waals surface area contributed by atoms with Crippen LogP contribution in [0.4, 0.5) is 0 Å². The van der Waals surface area contributed by atoms with Crippen LogP contribution in [0.15, 0.2) is 49.2 Å². The van der Waals surface area contributed by atoms with Gasteiger partial charge in [-0.15, -0.1) is 0 Å². The number of hydrogen-bond acceptors (Lipinski definition) is 3. The lowest BCUT2D eigenvalue weighted by Crippen LogP contribution is -1.96. The topological polar surface area (TPSA) is 39.9 Å². The molecule has 84 valence electrons. The summed E-state index contributed by atoms with van der Waals surface area (Å²) in [5, 5.41) is 2.10. The second-order valence-corrected chi connectivity index (χ2v) is 3.66. The van der Waals surface area contributed by atoms with Crippen molar-refractivity contribution in [2.45, 2.75) is 0 Å². The van der Waals surface area contributed by atoms with Crippen molar-refractivity contribution >= 4 is 10.8 Å². The van der Waals surface area contributed by atoms with Crippen molar-refractivity contribution in [2.75, 3.05) is 7.11 Å². The third-order valence-corrected chi connectivity index (χ3v) is 2.71. The molecule has 0 radical (unpaired) electrons. The van der Waals surface area contributed by atoms with Crippen LogP contribution in [0.1, 0.15) is 0 Å². The molecule has 0 aliphatic heterocycles. The summed E-state index contributed by atoms with van der Waals surface area (Å²) < 4.78 is 7.24. The van der Waals surface area contributed by atoms with E-state index in [9.17, 15) is 0 Å². The molecule has 3 rings (SSSR count). The highest BCUT2D eigenvalue weighted by atomic mass is 16.5. The first-order valence-corrected chi connectivity index (χ1v) is 5.30. The zero-order valence-electron chi connectivity index (χ0n) is 9.37. The van der Waals surface area contributed by atoms with E-state index in [1.165, 1.54) is 0 Å². The van der Waals surface area contributed by atoms with Crippen LogP contribution in [-0.2, 0) is 0 Å². The van der Waals surface area contributed by atoms with Gasteiger partial charge in [0.2, 0.25) is 0 Å². The number of pyridine rings is 1. The molecular weight excluding hydrogens is 214 g/mol. The molecule has 1 aromatic carbocycles. The minimum absolute atomic E-state index is 0.853. The number of rotatable bonds is 2. The fourth-order valence-electron chi connectivity index (χ4n) is 1.93. The molecule has 0 fully saturated rings. The van der Waals surface area contributed by atoms with Crippen LogP contribution in [0.5, 0.6) is 5.75 Å². The van der Waals surface area contributed by atoms with Crippen molar-refractivity contribution in [2.24, 2.45) is 0 Å². The van der Waals surface area contributed by atoms with Crippen LogP contribution in [0, 0.1) is 0 Å². The van der Waals surface area contributed by atoms with Crippen LogP contribution in [-0.4, -0.2) is 21.6 Å². The molecule has 0 unspecified atom stereocenters. The molecule has 0 saturated heterocycles. The second kappa shape index (κ2) is 3.90. The van der Waals surface area contributed by atoms with E-state index in [2.05, 4.69) is 9.97 Å². The number of ether oxygens (including phenoxy) is 1. The largest absolute Gasteiger partial charge is 0.496 e. The van der Waals surface area contributed by atoms with E-state index >= 15 is 0 Å². The maximum atomic E-state index is 5.35. The molecule has 0 N–H and O–H groups in total. The van der Waals surface area contributed by atoms with Crippen molar-refractivity contribution in [3.05, 3.63) is 49.2 Å². The number of methoxy groups -OCH3 is 1. The highest BCUT2D eigenvalue weighted by Gasteiger charge is 2.07. The maximum absolute atomic E-state index is 5.35. The van der Waals surface area contributed by atoms with E-state index in [0.29, 0.717) is 0 Å². The van der Waals surface area contributed by atoms with E-state index in [-0.39, 0.29) is 0 Å². The van der Waals surface area contributed by atoms with Crippen LogP contribution in [0.25, 0.3) is 16.6 Å². The molecule has 0 aliphatic carbocycles. The van der Waals surface area contributed by atoms with Gasteiger partial charge in [-0.3, -0.25) is 4.57 Å². The number of imidazole rings is 1. The normalized spacial score (nSPS) is 10.6. The van der Waals surface area contributed by atoms with Crippen LogP contribution in [0.2, 0.25) is 0 Å². The first kappa shape index (κ1) is 9.84. The van der Waals surface area contributed by atoms with E-state index in [1.54, 1.807) is 25.8 Å². The minimum atomic E-state index is 0.853. The van der Waals surface area contributed by atoms with E-state index in [4.69, 9.17) is 4.74 Å². The van der Waals surface area contributed by atoms with Crippen LogP contribution >= 0.6 is 0 Å². The molecule has 0 aliphatic rings. The van der Waals surface area contributed by atoms with Crippen molar-refractivity contribution in [3.8, 4) is 11.6 Å². The zero-order chi connectivity index (χ0) is 11.7. The van der Waals surface area contributed by atoms with E-state index in [0.717, 1.165) is 22.3 Å². The number of fused-ring (bicyclic) bond motifs is 1. The van der Waals surface area contributed by atoms with Gasteiger partial charge in [0, 0.05) is 29.4 Å². The van der Waals surface area contributed by atoms with Crippen molar-refractivity contribution < 1.29 is 4.74 Å². The quantitative estimate of drug-likeness (QED) is 0.672. The fourth-order valence-corrected chi connectivity index (χ4v) is 1.93. The lowest BCUT2D eigenvalue weighted by atomic mass is 10.1. The Morgan fingerprint density at radius 1 is 1.12 bits per heavy atom. The van der Waals surface area contributed by atoms with Gasteiger partial charge in [0.1, 0.15) is 17.9 Å². The van der Waals surface area contributed by atoms with Crippen LogP contribution < -0.4 is 4.74 Å². The first-order chi connectivity index (χ1) is 8.40. The summed E-state index contributed by atoms with van der Waals surface area (Å²) in [5.41, 5.74) is 0. The second-order valence-electron chi connectivity index (χ2n) is 3.66. The fraction of sp³-hybridized carbons (Fsp3) is 0.0769. The minimum Gasteiger partial charge on any atom is -0.496 e. The SMILES string of the molecule is COc1cccc2c(-n3ccnc3)nccc12. The Hall–Kier alpha value is -2.36. The first-order valence-electron chi connectivity index (χ1n) is 5.30. The van der Waals surface area contributed by atoms with Crippen LogP contribution in [0.3, 0.4) is 0 Å². The highest BCUT2D eigenvalue weighted by molar-refractivity contribution is 5.93. The standard InChI is InChI=1S/C13H11N3O/c1-17-12-4-2-3-11-10(12)5-6-15-13(11)16-8-7-14-9-16/h2-9H,1H3. The third-order valence-electron chi connectivity index (χ3n) is 2.71. The van der Waals surface area contributed by atoms with Gasteiger partial charge in [0.25, 0.3) is 0 Å². The van der Waals surface area contributed by atoms with Gasteiger partial charge in [-0.1, -0.05) is 12.1 Å². The number of nitrogens with zero attached hydrogens (tertiary/aromatic N) is 3. The predicted octanol–water partition coefficient (Wildman–Crippen LogP) is 2.43. The van der Waals surface area contributed by atoms with Crippen molar-refractivity contribution in [3.63, 3.8) is 0 Å². The Balaban J connectivity index is 2.34. The Morgan fingerprint density at radius 3 is 2.82 bits per heavy atom. The summed E-state index contributed by atoms with van der Waals surface area (Å²) in [4.78, 5) is 8.43. The van der Waals surface area contributed by atoms with Gasteiger partial charge in [-0.05, 0) is 12.1 Å². The smallest absolute Gasteiger partial charge is 0.145 e. The molecule has 17 heavy (non-hydrogen) atoms. The summed E-state index contributed by atoms with van der Waals surface area (Å²) >= 11 is 0. The molecule has 0 saturated carbocycles. The maximum Gasteiger partial charge on any atom is 0.145 e. The van der Waals surface area contributed by atoms with Gasteiger partial charge >= 0.3 is 0 Å². The zero-order valence-corrected chi connectivity index (χ0v) is 9.37. The Bertz CT molecular complexity index is 647. The number of benzene rings is 1. The van der Waals surface area contributed by atoms with E-state index < -0.39 is 0 Å². The molecule has 2 heterocycles. The average Bonchev–Trinajstić information content (AvgIpc) is 2.91. The van der Waals surface area contributed by atoms with Gasteiger partial charge in [-0.2, -0.15) is 0 Å². The summed E-state index contributed by atoms with van der Waals surface area (Å²) in [6.07, 6.45) is 7.13.